The molecule has 1 saturated carbocycles. The summed E-state index contributed by atoms with van der Waals surface area (Å²) in [6.45, 7) is 1.70. The third kappa shape index (κ3) is 2.81. The van der Waals surface area contributed by atoms with Crippen LogP contribution in [-0.4, -0.2) is 41.7 Å². The maximum absolute atomic E-state index is 12.3. The molecule has 0 saturated heterocycles. The number of halogens is 1. The van der Waals surface area contributed by atoms with Gasteiger partial charge in [0.05, 0.1) is 20.5 Å². The minimum absolute atomic E-state index is 0.0615. The van der Waals surface area contributed by atoms with Crippen molar-refractivity contribution in [3.63, 3.8) is 0 Å². The molecule has 8 nitrogen and oxygen atoms in total. The molecule has 4 rings (SSSR count). The summed E-state index contributed by atoms with van der Waals surface area (Å²) >= 11 is 7.67. The number of sulfonamides is 1. The highest BCUT2D eigenvalue weighted by molar-refractivity contribution is 7.89. The van der Waals surface area contributed by atoms with E-state index in [2.05, 4.69) is 15.2 Å². The first-order valence-corrected chi connectivity index (χ1v) is 10.5. The van der Waals surface area contributed by atoms with Crippen molar-refractivity contribution < 1.29 is 12.8 Å². The van der Waals surface area contributed by atoms with E-state index in [-0.39, 0.29) is 11.7 Å². The summed E-state index contributed by atoms with van der Waals surface area (Å²) in [6, 6.07) is 1.70. The summed E-state index contributed by atoms with van der Waals surface area (Å²) in [5.41, 5.74) is 4.74. The van der Waals surface area contributed by atoms with Crippen LogP contribution in [0.1, 0.15) is 36.5 Å². The van der Waals surface area contributed by atoms with E-state index >= 15 is 0 Å². The van der Waals surface area contributed by atoms with E-state index in [4.69, 9.17) is 21.8 Å². The highest BCUT2D eigenvalue weighted by atomic mass is 35.5. The lowest BCUT2D eigenvalue weighted by atomic mass is 10.0. The predicted molar refractivity (Wildman–Crippen MR) is 95.1 cm³/mol. The summed E-state index contributed by atoms with van der Waals surface area (Å²) in [6.07, 6.45) is 2.13. The molecule has 0 radical (unpaired) electrons. The number of hydrogen-bond acceptors (Lipinski definition) is 8. The molecular formula is C14H16ClN5O3S2. The Kier molecular flexibility index (Phi) is 3.64. The lowest BCUT2D eigenvalue weighted by Crippen LogP contribution is -2.50. The van der Waals surface area contributed by atoms with Gasteiger partial charge in [0.15, 0.2) is 0 Å². The molecule has 11 heteroatoms. The summed E-state index contributed by atoms with van der Waals surface area (Å²) in [5.74, 6) is 1.10. The van der Waals surface area contributed by atoms with Crippen molar-refractivity contribution in [3.8, 4) is 10.8 Å². The molecular weight excluding hydrogens is 386 g/mol. The fourth-order valence-corrected chi connectivity index (χ4v) is 5.82. The first-order valence-electron chi connectivity index (χ1n) is 7.65. The molecule has 1 aliphatic heterocycles. The molecule has 134 valence electrons. The second kappa shape index (κ2) is 5.42. The van der Waals surface area contributed by atoms with Gasteiger partial charge in [-0.3, -0.25) is 0 Å². The number of guanidine groups is 1. The molecule has 0 bridgehead atoms. The normalized spacial score (nSPS) is 25.9. The molecule has 1 aliphatic carbocycles. The zero-order valence-corrected chi connectivity index (χ0v) is 16.0. The average Bonchev–Trinajstić information content (AvgIpc) is 3.11. The highest BCUT2D eigenvalue weighted by Gasteiger charge is 2.42. The molecule has 3 heterocycles. The van der Waals surface area contributed by atoms with Gasteiger partial charge in [0.1, 0.15) is 5.54 Å². The smallest absolute Gasteiger partial charge is 0.257 e. The van der Waals surface area contributed by atoms with Gasteiger partial charge in [-0.05, 0) is 25.8 Å². The third-order valence-corrected chi connectivity index (χ3v) is 8.05. The van der Waals surface area contributed by atoms with Crippen LogP contribution in [0.25, 0.3) is 10.8 Å². The maximum atomic E-state index is 12.3. The predicted octanol–water partition coefficient (Wildman–Crippen LogP) is 2.13. The van der Waals surface area contributed by atoms with Crippen LogP contribution in [0.4, 0.5) is 0 Å². The molecule has 0 unspecified atom stereocenters. The van der Waals surface area contributed by atoms with Crippen molar-refractivity contribution in [2.75, 3.05) is 12.8 Å². The fourth-order valence-electron chi connectivity index (χ4n) is 2.74. The van der Waals surface area contributed by atoms with Crippen LogP contribution in [0, 0.1) is 0 Å². The van der Waals surface area contributed by atoms with E-state index in [1.807, 2.05) is 0 Å². The lowest BCUT2D eigenvalue weighted by molar-refractivity contribution is 0.482. The van der Waals surface area contributed by atoms with Gasteiger partial charge in [0.25, 0.3) is 5.89 Å². The van der Waals surface area contributed by atoms with Crippen molar-refractivity contribution in [2.24, 2.45) is 10.7 Å². The molecule has 1 fully saturated rings. The van der Waals surface area contributed by atoms with Gasteiger partial charge in [0, 0.05) is 13.0 Å². The standard InChI is InChI=1S/C14H16ClN5O3S2/c1-14(6-25(21,22)20(2)13(16)17-14)10-8(15)5-9(24-10)12-19-18-11(23-12)7-3-4-7/h5,7H,3-4,6H2,1-2H3,(H2,16,17)/t14-/m0/s1. The Hall–Kier alpha value is -1.65. The molecule has 0 amide bonds. The summed E-state index contributed by atoms with van der Waals surface area (Å²) in [4.78, 5) is 5.67. The minimum atomic E-state index is -3.56. The largest absolute Gasteiger partial charge is 0.420 e. The lowest BCUT2D eigenvalue weighted by Gasteiger charge is -2.33. The Balaban J connectivity index is 1.74. The van der Waals surface area contributed by atoms with Gasteiger partial charge in [-0.2, -0.15) is 0 Å². The van der Waals surface area contributed by atoms with Gasteiger partial charge < -0.3 is 10.2 Å². The molecule has 2 aliphatic rings. The SMILES string of the molecule is CN1C(N)=N[C@](C)(c2sc(-c3nnc(C4CC4)o3)cc2Cl)CS1(=O)=O. The van der Waals surface area contributed by atoms with E-state index in [1.54, 1.807) is 13.0 Å². The van der Waals surface area contributed by atoms with Gasteiger partial charge in [-0.25, -0.2) is 17.7 Å². The van der Waals surface area contributed by atoms with E-state index in [0.717, 1.165) is 17.1 Å². The molecule has 0 spiro atoms. The number of nitrogens with two attached hydrogens (primary N) is 1. The minimum Gasteiger partial charge on any atom is -0.420 e. The van der Waals surface area contributed by atoms with Crippen molar-refractivity contribution in [3.05, 3.63) is 21.9 Å². The second-order valence-corrected chi connectivity index (χ2v) is 9.93. The van der Waals surface area contributed by atoms with Crippen LogP contribution < -0.4 is 5.73 Å². The monoisotopic (exact) mass is 401 g/mol. The highest BCUT2D eigenvalue weighted by Crippen LogP contribution is 2.45. The van der Waals surface area contributed by atoms with E-state index in [1.165, 1.54) is 18.4 Å². The maximum Gasteiger partial charge on any atom is 0.257 e. The molecule has 25 heavy (non-hydrogen) atoms. The number of nitrogens with zero attached hydrogens (tertiary/aromatic N) is 4. The van der Waals surface area contributed by atoms with E-state index in [0.29, 0.717) is 32.5 Å². The number of aliphatic imine (C=N–C) groups is 1. The number of rotatable bonds is 3. The summed E-state index contributed by atoms with van der Waals surface area (Å²) in [7, 11) is -2.18. The molecule has 1 atom stereocenters. The Labute approximate surface area is 153 Å². The van der Waals surface area contributed by atoms with Crippen molar-refractivity contribution >= 4 is 38.9 Å². The van der Waals surface area contributed by atoms with Gasteiger partial charge >= 0.3 is 0 Å². The van der Waals surface area contributed by atoms with Crippen LogP contribution in [0.5, 0.6) is 0 Å². The van der Waals surface area contributed by atoms with Crippen LogP contribution in [0.15, 0.2) is 15.5 Å². The number of aromatic nitrogens is 2. The quantitative estimate of drug-likeness (QED) is 0.842. The van der Waals surface area contributed by atoms with Gasteiger partial charge in [-0.1, -0.05) is 11.6 Å². The first-order chi connectivity index (χ1) is 11.7. The number of thiophene rings is 1. The Morgan fingerprint density at radius 3 is 2.80 bits per heavy atom. The van der Waals surface area contributed by atoms with Crippen LogP contribution in [0.2, 0.25) is 5.02 Å². The fraction of sp³-hybridized carbons (Fsp3) is 0.500. The number of hydrogen-bond donors (Lipinski definition) is 1. The molecule has 0 aromatic carbocycles. The first kappa shape index (κ1) is 16.8. The molecule has 2 aromatic heterocycles. The molecule has 2 N–H and O–H groups in total. The zero-order chi connectivity index (χ0) is 18.0. The molecule has 2 aromatic rings. The van der Waals surface area contributed by atoms with Crippen molar-refractivity contribution in [1.82, 2.24) is 14.5 Å². The van der Waals surface area contributed by atoms with Crippen LogP contribution >= 0.6 is 22.9 Å². The summed E-state index contributed by atoms with van der Waals surface area (Å²) < 4.78 is 31.4. The Bertz CT molecular complexity index is 979. The van der Waals surface area contributed by atoms with E-state index < -0.39 is 15.6 Å². The van der Waals surface area contributed by atoms with E-state index in [9.17, 15) is 8.42 Å². The topological polar surface area (TPSA) is 115 Å². The Morgan fingerprint density at radius 2 is 2.16 bits per heavy atom. The van der Waals surface area contributed by atoms with Gasteiger partial charge in [0.2, 0.25) is 21.9 Å². The zero-order valence-electron chi connectivity index (χ0n) is 13.6. The van der Waals surface area contributed by atoms with Crippen molar-refractivity contribution in [1.29, 1.82) is 0 Å². The van der Waals surface area contributed by atoms with Crippen LogP contribution in [-0.2, 0) is 15.6 Å². The van der Waals surface area contributed by atoms with Gasteiger partial charge in [-0.15, -0.1) is 21.5 Å². The summed E-state index contributed by atoms with van der Waals surface area (Å²) in [5, 5.41) is 8.55. The third-order valence-electron chi connectivity index (χ3n) is 4.32. The van der Waals surface area contributed by atoms with Crippen molar-refractivity contribution in [2.45, 2.75) is 31.2 Å². The Morgan fingerprint density at radius 1 is 1.44 bits per heavy atom. The van der Waals surface area contributed by atoms with Crippen LogP contribution in [0.3, 0.4) is 0 Å². The average molecular weight is 402 g/mol. The second-order valence-electron chi connectivity index (χ2n) is 6.48.